The molecule has 1 saturated carbocycles. The van der Waals surface area contributed by atoms with Crippen molar-refractivity contribution in [2.75, 3.05) is 12.4 Å². The Kier molecular flexibility index (Phi) is 2.57. The van der Waals surface area contributed by atoms with Gasteiger partial charge in [-0.25, -0.2) is 4.98 Å². The maximum Gasteiger partial charge on any atom is 0.168 e. The zero-order chi connectivity index (χ0) is 9.97. The van der Waals surface area contributed by atoms with Crippen LogP contribution >= 0.6 is 0 Å². The summed E-state index contributed by atoms with van der Waals surface area (Å²) in [6.45, 7) is 2.22. The van der Waals surface area contributed by atoms with Gasteiger partial charge in [-0.1, -0.05) is 13.3 Å². The number of hydrogen-bond donors (Lipinski definition) is 1. The molecule has 14 heavy (non-hydrogen) atoms. The van der Waals surface area contributed by atoms with Crippen LogP contribution in [0.15, 0.2) is 18.3 Å². The highest BCUT2D eigenvalue weighted by Crippen LogP contribution is 2.37. The molecule has 0 radical (unpaired) electrons. The molecule has 76 valence electrons. The second kappa shape index (κ2) is 3.86. The summed E-state index contributed by atoms with van der Waals surface area (Å²) in [5, 5.41) is 3.40. The van der Waals surface area contributed by atoms with Gasteiger partial charge in [0, 0.05) is 12.2 Å². The molecule has 2 unspecified atom stereocenters. The van der Waals surface area contributed by atoms with Gasteiger partial charge in [-0.3, -0.25) is 0 Å². The Morgan fingerprint density at radius 1 is 1.64 bits per heavy atom. The van der Waals surface area contributed by atoms with Crippen LogP contribution in [0.4, 0.5) is 5.82 Å². The van der Waals surface area contributed by atoms with Crippen LogP contribution in [-0.4, -0.2) is 18.1 Å². The molecule has 2 atom stereocenters. The van der Waals surface area contributed by atoms with E-state index in [0.717, 1.165) is 17.5 Å². The average Bonchev–Trinajstić information content (AvgIpc) is 2.97. The normalized spacial score (nSPS) is 24.4. The number of nitrogens with zero attached hydrogens (tertiary/aromatic N) is 1. The maximum absolute atomic E-state index is 5.22. The number of aromatic nitrogens is 1. The molecule has 1 N–H and O–H groups in total. The lowest BCUT2D eigenvalue weighted by Crippen LogP contribution is -2.07. The van der Waals surface area contributed by atoms with E-state index < -0.39 is 0 Å². The van der Waals surface area contributed by atoms with E-state index in [1.807, 2.05) is 12.1 Å². The van der Waals surface area contributed by atoms with Crippen molar-refractivity contribution in [3.8, 4) is 5.75 Å². The van der Waals surface area contributed by atoms with Crippen LogP contribution < -0.4 is 10.1 Å². The lowest BCUT2D eigenvalue weighted by molar-refractivity contribution is 0.414. The molecule has 2 rings (SSSR count). The largest absolute Gasteiger partial charge is 0.493 e. The molecular weight excluding hydrogens is 176 g/mol. The Morgan fingerprint density at radius 3 is 3.14 bits per heavy atom. The summed E-state index contributed by atoms with van der Waals surface area (Å²) < 4.78 is 5.22. The first-order chi connectivity index (χ1) is 6.85. The monoisotopic (exact) mass is 192 g/mol. The summed E-state index contributed by atoms with van der Waals surface area (Å²) in [5.41, 5.74) is 0. The zero-order valence-corrected chi connectivity index (χ0v) is 8.66. The Hall–Kier alpha value is -1.25. The highest BCUT2D eigenvalue weighted by Gasteiger charge is 2.35. The fourth-order valence-corrected chi connectivity index (χ4v) is 1.71. The minimum Gasteiger partial charge on any atom is -0.493 e. The summed E-state index contributed by atoms with van der Waals surface area (Å²) in [4.78, 5) is 4.26. The highest BCUT2D eigenvalue weighted by atomic mass is 16.5. The molecule has 1 fully saturated rings. The predicted octanol–water partition coefficient (Wildman–Crippen LogP) is 2.30. The van der Waals surface area contributed by atoms with Gasteiger partial charge in [-0.05, 0) is 24.5 Å². The smallest absolute Gasteiger partial charge is 0.168 e. The fraction of sp³-hybridized carbons (Fsp3) is 0.545. The Labute approximate surface area is 84.5 Å². The number of rotatable bonds is 4. The lowest BCUT2D eigenvalue weighted by Gasteiger charge is -2.08. The van der Waals surface area contributed by atoms with E-state index in [9.17, 15) is 0 Å². The quantitative estimate of drug-likeness (QED) is 0.794. The topological polar surface area (TPSA) is 34.2 Å². The predicted molar refractivity (Wildman–Crippen MR) is 56.6 cm³/mol. The van der Waals surface area contributed by atoms with E-state index in [1.165, 1.54) is 12.8 Å². The molecule has 3 heteroatoms. The van der Waals surface area contributed by atoms with E-state index in [4.69, 9.17) is 4.74 Å². The molecular formula is C11H16N2O. The van der Waals surface area contributed by atoms with Crippen molar-refractivity contribution in [3.05, 3.63) is 18.3 Å². The summed E-state index contributed by atoms with van der Waals surface area (Å²) in [7, 11) is 1.67. The van der Waals surface area contributed by atoms with Crippen molar-refractivity contribution in [1.82, 2.24) is 4.98 Å². The van der Waals surface area contributed by atoms with Crippen molar-refractivity contribution in [2.24, 2.45) is 5.92 Å². The standard InChI is InChI=1S/C11H16N2O/c1-3-8-7-9(8)13-11-10(14-2)5-4-6-12-11/h4-6,8-9H,3,7H2,1-2H3,(H,12,13). The zero-order valence-electron chi connectivity index (χ0n) is 8.66. The van der Waals surface area contributed by atoms with Crippen LogP contribution in [0.5, 0.6) is 5.75 Å². The first-order valence-electron chi connectivity index (χ1n) is 5.10. The highest BCUT2D eigenvalue weighted by molar-refractivity contribution is 5.51. The first-order valence-corrected chi connectivity index (χ1v) is 5.10. The van der Waals surface area contributed by atoms with Crippen LogP contribution in [0.25, 0.3) is 0 Å². The number of methoxy groups -OCH3 is 1. The molecule has 3 nitrogen and oxygen atoms in total. The van der Waals surface area contributed by atoms with E-state index >= 15 is 0 Å². The van der Waals surface area contributed by atoms with Gasteiger partial charge < -0.3 is 10.1 Å². The van der Waals surface area contributed by atoms with Gasteiger partial charge >= 0.3 is 0 Å². The third kappa shape index (κ3) is 1.81. The second-order valence-corrected chi connectivity index (χ2v) is 3.71. The molecule has 0 spiro atoms. The molecule has 1 aromatic heterocycles. The van der Waals surface area contributed by atoms with E-state index in [-0.39, 0.29) is 0 Å². The number of hydrogen-bond acceptors (Lipinski definition) is 3. The van der Waals surface area contributed by atoms with Crippen LogP contribution in [0, 0.1) is 5.92 Å². The average molecular weight is 192 g/mol. The molecule has 1 aromatic rings. The van der Waals surface area contributed by atoms with Gasteiger partial charge in [0.2, 0.25) is 0 Å². The summed E-state index contributed by atoms with van der Waals surface area (Å²) in [5.74, 6) is 2.52. The minimum absolute atomic E-state index is 0.601. The molecule has 1 heterocycles. The first kappa shape index (κ1) is 9.31. The summed E-state index contributed by atoms with van der Waals surface area (Å²) >= 11 is 0. The molecule has 1 aliphatic rings. The van der Waals surface area contributed by atoms with Gasteiger partial charge in [0.15, 0.2) is 11.6 Å². The van der Waals surface area contributed by atoms with Gasteiger partial charge in [0.1, 0.15) is 0 Å². The Bertz CT molecular complexity index is 314. The van der Waals surface area contributed by atoms with Gasteiger partial charge in [-0.2, -0.15) is 0 Å². The third-order valence-electron chi connectivity index (χ3n) is 2.76. The van der Waals surface area contributed by atoms with Crippen molar-refractivity contribution in [2.45, 2.75) is 25.8 Å². The van der Waals surface area contributed by atoms with E-state index in [2.05, 4.69) is 17.2 Å². The molecule has 0 aliphatic heterocycles. The SMILES string of the molecule is CCC1CC1Nc1ncccc1OC. The fourth-order valence-electron chi connectivity index (χ4n) is 1.71. The molecule has 1 aliphatic carbocycles. The second-order valence-electron chi connectivity index (χ2n) is 3.71. The number of pyridine rings is 1. The van der Waals surface area contributed by atoms with Crippen LogP contribution in [0.3, 0.4) is 0 Å². The summed E-state index contributed by atoms with van der Waals surface area (Å²) in [6.07, 6.45) is 4.29. The van der Waals surface area contributed by atoms with Gasteiger partial charge in [0.05, 0.1) is 7.11 Å². The number of ether oxygens (including phenoxy) is 1. The van der Waals surface area contributed by atoms with Gasteiger partial charge in [-0.15, -0.1) is 0 Å². The Balaban J connectivity index is 2.02. The van der Waals surface area contributed by atoms with Crippen LogP contribution in [-0.2, 0) is 0 Å². The van der Waals surface area contributed by atoms with Crippen molar-refractivity contribution >= 4 is 5.82 Å². The van der Waals surface area contributed by atoms with E-state index in [1.54, 1.807) is 13.3 Å². The van der Waals surface area contributed by atoms with Crippen molar-refractivity contribution < 1.29 is 4.74 Å². The van der Waals surface area contributed by atoms with Crippen LogP contribution in [0.2, 0.25) is 0 Å². The third-order valence-corrected chi connectivity index (χ3v) is 2.76. The molecule has 0 saturated heterocycles. The molecule has 0 amide bonds. The minimum atomic E-state index is 0.601. The van der Waals surface area contributed by atoms with Crippen molar-refractivity contribution in [3.63, 3.8) is 0 Å². The lowest BCUT2D eigenvalue weighted by atomic mass is 10.3. The number of anilines is 1. The Morgan fingerprint density at radius 2 is 2.50 bits per heavy atom. The van der Waals surface area contributed by atoms with Crippen LogP contribution in [0.1, 0.15) is 19.8 Å². The molecule has 0 aromatic carbocycles. The number of nitrogens with one attached hydrogen (secondary N) is 1. The van der Waals surface area contributed by atoms with E-state index in [0.29, 0.717) is 6.04 Å². The van der Waals surface area contributed by atoms with Crippen molar-refractivity contribution in [1.29, 1.82) is 0 Å². The molecule has 0 bridgehead atoms. The maximum atomic E-state index is 5.22. The van der Waals surface area contributed by atoms with Gasteiger partial charge in [0.25, 0.3) is 0 Å². The summed E-state index contributed by atoms with van der Waals surface area (Å²) in [6, 6.07) is 4.41.